The maximum Gasteiger partial charge on any atom is 0.288 e. The zero-order valence-corrected chi connectivity index (χ0v) is 13.4. The number of hydrogen-bond donors (Lipinski definition) is 0. The fourth-order valence-electron chi connectivity index (χ4n) is 2.49. The second-order valence-electron chi connectivity index (χ2n) is 5.71. The minimum absolute atomic E-state index is 0.00643. The Kier molecular flexibility index (Phi) is 4.49. The third kappa shape index (κ3) is 3.54. The number of halogens is 2. The van der Waals surface area contributed by atoms with Gasteiger partial charge in [-0.2, -0.15) is 0 Å². The number of nitro groups is 1. The van der Waals surface area contributed by atoms with Gasteiger partial charge in [-0.3, -0.25) is 14.9 Å². The van der Waals surface area contributed by atoms with Gasteiger partial charge in [0, 0.05) is 24.2 Å². The molecule has 0 spiro atoms. The van der Waals surface area contributed by atoms with E-state index in [1.165, 1.54) is 30.3 Å². The van der Waals surface area contributed by atoms with Crippen molar-refractivity contribution in [3.63, 3.8) is 0 Å². The molecule has 1 fully saturated rings. The highest BCUT2D eigenvalue weighted by molar-refractivity contribution is 6.32. The predicted octanol–water partition coefficient (Wildman–Crippen LogP) is 4.19. The number of carbonyl (C=O) groups is 1. The first-order chi connectivity index (χ1) is 11.5. The van der Waals surface area contributed by atoms with Gasteiger partial charge >= 0.3 is 0 Å². The second-order valence-corrected chi connectivity index (χ2v) is 6.12. The molecule has 0 saturated heterocycles. The Morgan fingerprint density at radius 3 is 2.50 bits per heavy atom. The standard InChI is InChI=1S/C17H14ClFN2O3/c18-15-8-3-12(9-16(15)21(23)24)17(22)20(14-6-7-14)10-11-1-4-13(19)5-2-11/h1-5,8-9,14H,6-7,10H2. The lowest BCUT2D eigenvalue weighted by molar-refractivity contribution is -0.384. The largest absolute Gasteiger partial charge is 0.331 e. The average molecular weight is 349 g/mol. The molecule has 0 aromatic heterocycles. The molecule has 0 unspecified atom stereocenters. The van der Waals surface area contributed by atoms with Gasteiger partial charge in [-0.05, 0) is 42.7 Å². The molecule has 1 aliphatic carbocycles. The molecule has 1 amide bonds. The number of rotatable bonds is 5. The third-order valence-electron chi connectivity index (χ3n) is 3.90. The zero-order chi connectivity index (χ0) is 17.3. The van der Waals surface area contributed by atoms with Crippen molar-refractivity contribution in [1.29, 1.82) is 0 Å². The van der Waals surface area contributed by atoms with E-state index in [-0.39, 0.29) is 34.0 Å². The first kappa shape index (κ1) is 16.4. The van der Waals surface area contributed by atoms with Crippen LogP contribution in [0.2, 0.25) is 5.02 Å². The highest BCUT2D eigenvalue weighted by atomic mass is 35.5. The molecule has 24 heavy (non-hydrogen) atoms. The van der Waals surface area contributed by atoms with Gasteiger partial charge in [-0.25, -0.2) is 4.39 Å². The van der Waals surface area contributed by atoms with E-state index in [9.17, 15) is 19.3 Å². The van der Waals surface area contributed by atoms with Crippen molar-refractivity contribution in [3.8, 4) is 0 Å². The van der Waals surface area contributed by atoms with E-state index in [1.54, 1.807) is 17.0 Å². The first-order valence-electron chi connectivity index (χ1n) is 7.45. The summed E-state index contributed by atoms with van der Waals surface area (Å²) in [5.41, 5.74) is 0.736. The van der Waals surface area contributed by atoms with Crippen molar-refractivity contribution in [1.82, 2.24) is 4.90 Å². The molecule has 7 heteroatoms. The SMILES string of the molecule is O=C(c1ccc(Cl)c([N+](=O)[O-])c1)N(Cc1ccc(F)cc1)C1CC1. The maximum absolute atomic E-state index is 13.0. The third-order valence-corrected chi connectivity index (χ3v) is 4.22. The summed E-state index contributed by atoms with van der Waals surface area (Å²) in [4.78, 5) is 24.8. The van der Waals surface area contributed by atoms with E-state index >= 15 is 0 Å². The van der Waals surface area contributed by atoms with Crippen molar-refractivity contribution < 1.29 is 14.1 Å². The number of nitrogens with zero attached hydrogens (tertiary/aromatic N) is 2. The van der Waals surface area contributed by atoms with Crippen molar-refractivity contribution in [2.24, 2.45) is 0 Å². The molecule has 0 bridgehead atoms. The zero-order valence-electron chi connectivity index (χ0n) is 12.6. The topological polar surface area (TPSA) is 63.4 Å². The highest BCUT2D eigenvalue weighted by Crippen LogP contribution is 2.31. The summed E-state index contributed by atoms with van der Waals surface area (Å²) >= 11 is 5.79. The smallest absolute Gasteiger partial charge is 0.288 e. The van der Waals surface area contributed by atoms with Gasteiger partial charge in [0.15, 0.2) is 0 Å². The molecule has 0 radical (unpaired) electrons. The molecule has 0 atom stereocenters. The van der Waals surface area contributed by atoms with Crippen LogP contribution in [0, 0.1) is 15.9 Å². The Hall–Kier alpha value is -2.47. The van der Waals surface area contributed by atoms with Crippen molar-refractivity contribution in [2.75, 3.05) is 0 Å². The van der Waals surface area contributed by atoms with E-state index in [0.717, 1.165) is 18.4 Å². The normalized spacial score (nSPS) is 13.6. The maximum atomic E-state index is 13.0. The highest BCUT2D eigenvalue weighted by Gasteiger charge is 2.33. The van der Waals surface area contributed by atoms with E-state index in [2.05, 4.69) is 0 Å². The molecule has 1 saturated carbocycles. The second kappa shape index (κ2) is 6.57. The fourth-order valence-corrected chi connectivity index (χ4v) is 2.68. The summed E-state index contributed by atoms with van der Waals surface area (Å²) in [6.45, 7) is 0.334. The average Bonchev–Trinajstić information content (AvgIpc) is 3.38. The molecule has 3 rings (SSSR count). The molecule has 2 aromatic rings. The Balaban J connectivity index is 1.86. The summed E-state index contributed by atoms with van der Waals surface area (Å²) in [5, 5.41) is 11.0. The molecule has 2 aromatic carbocycles. The van der Waals surface area contributed by atoms with Crippen LogP contribution in [0.4, 0.5) is 10.1 Å². The van der Waals surface area contributed by atoms with Crippen LogP contribution < -0.4 is 0 Å². The minimum Gasteiger partial charge on any atom is -0.331 e. The monoisotopic (exact) mass is 348 g/mol. The number of hydrogen-bond acceptors (Lipinski definition) is 3. The molecule has 0 N–H and O–H groups in total. The Morgan fingerprint density at radius 1 is 1.25 bits per heavy atom. The van der Waals surface area contributed by atoms with Gasteiger partial charge in [0.25, 0.3) is 11.6 Å². The van der Waals surface area contributed by atoms with Crippen LogP contribution in [0.1, 0.15) is 28.8 Å². The lowest BCUT2D eigenvalue weighted by Crippen LogP contribution is -2.32. The summed E-state index contributed by atoms with van der Waals surface area (Å²) in [7, 11) is 0. The summed E-state index contributed by atoms with van der Waals surface area (Å²) in [6, 6.07) is 10.1. The molecule has 124 valence electrons. The summed E-state index contributed by atoms with van der Waals surface area (Å²) in [5.74, 6) is -0.627. The molecular formula is C17H14ClFN2O3. The number of carbonyl (C=O) groups excluding carboxylic acids is 1. The van der Waals surface area contributed by atoms with E-state index < -0.39 is 4.92 Å². The van der Waals surface area contributed by atoms with Crippen molar-refractivity contribution >= 4 is 23.2 Å². The van der Waals surface area contributed by atoms with Gasteiger partial charge in [0.2, 0.25) is 0 Å². The van der Waals surface area contributed by atoms with Crippen LogP contribution in [0.15, 0.2) is 42.5 Å². The molecule has 0 aliphatic heterocycles. The number of nitro benzene ring substituents is 1. The van der Waals surface area contributed by atoms with Gasteiger partial charge in [0.1, 0.15) is 10.8 Å². The molecule has 1 aliphatic rings. The summed E-state index contributed by atoms with van der Waals surface area (Å²) in [6.07, 6.45) is 1.78. The summed E-state index contributed by atoms with van der Waals surface area (Å²) < 4.78 is 13.0. The van der Waals surface area contributed by atoms with Crippen molar-refractivity contribution in [3.05, 3.63) is 74.5 Å². The van der Waals surface area contributed by atoms with Gasteiger partial charge in [0.05, 0.1) is 4.92 Å². The quantitative estimate of drug-likeness (QED) is 0.601. The lowest BCUT2D eigenvalue weighted by atomic mass is 10.1. The van der Waals surface area contributed by atoms with Gasteiger partial charge in [-0.1, -0.05) is 23.7 Å². The Morgan fingerprint density at radius 2 is 1.92 bits per heavy atom. The first-order valence-corrected chi connectivity index (χ1v) is 7.83. The van der Waals surface area contributed by atoms with E-state index in [1.807, 2.05) is 0 Å². The van der Waals surface area contributed by atoms with Crippen LogP contribution in [-0.4, -0.2) is 21.8 Å². The molecule has 0 heterocycles. The number of benzene rings is 2. The van der Waals surface area contributed by atoms with Crippen LogP contribution in [0.25, 0.3) is 0 Å². The van der Waals surface area contributed by atoms with Crippen LogP contribution >= 0.6 is 11.6 Å². The number of amides is 1. The Bertz CT molecular complexity index is 791. The van der Waals surface area contributed by atoms with E-state index in [4.69, 9.17) is 11.6 Å². The fraction of sp³-hybridized carbons (Fsp3) is 0.235. The minimum atomic E-state index is -0.611. The van der Waals surface area contributed by atoms with Crippen molar-refractivity contribution in [2.45, 2.75) is 25.4 Å². The molecule has 5 nitrogen and oxygen atoms in total. The van der Waals surface area contributed by atoms with E-state index in [0.29, 0.717) is 6.54 Å². The van der Waals surface area contributed by atoms with Crippen LogP contribution in [0.5, 0.6) is 0 Å². The Labute approximate surface area is 142 Å². The van der Waals surface area contributed by atoms with Gasteiger partial charge < -0.3 is 4.90 Å². The van der Waals surface area contributed by atoms with Crippen LogP contribution in [0.3, 0.4) is 0 Å². The van der Waals surface area contributed by atoms with Crippen LogP contribution in [-0.2, 0) is 6.54 Å². The lowest BCUT2D eigenvalue weighted by Gasteiger charge is -2.22. The predicted molar refractivity (Wildman–Crippen MR) is 87.4 cm³/mol. The molecular weight excluding hydrogens is 335 g/mol. The van der Waals surface area contributed by atoms with Gasteiger partial charge in [-0.15, -0.1) is 0 Å².